The van der Waals surface area contributed by atoms with E-state index in [-0.39, 0.29) is 71.9 Å². The van der Waals surface area contributed by atoms with Crippen LogP contribution in [0.15, 0.2) is 194 Å². The number of aromatic nitrogens is 3. The average Bonchev–Trinajstić information content (AvgIpc) is 3.33. The summed E-state index contributed by atoms with van der Waals surface area (Å²) in [4.78, 5) is 23.8. The second-order valence-corrected chi connectivity index (χ2v) is 16.5. The van der Waals surface area contributed by atoms with Crippen LogP contribution in [-0.4, -0.2) is 25.8 Å². The Bertz CT molecular complexity index is 2880. The molecule has 6 aromatic carbocycles. The van der Waals surface area contributed by atoms with E-state index in [1.807, 2.05) is 85.3 Å². The molecule has 3 heterocycles. The molecule has 5 nitrogen and oxygen atoms in total. The predicted molar refractivity (Wildman–Crippen MR) is 277 cm³/mol. The van der Waals surface area contributed by atoms with E-state index in [2.05, 4.69) is 172 Å². The van der Waals surface area contributed by atoms with Gasteiger partial charge in [0.05, 0.1) is 5.76 Å². The van der Waals surface area contributed by atoms with Gasteiger partial charge in [0.2, 0.25) is 0 Å². The maximum atomic E-state index is 10.0. The van der Waals surface area contributed by atoms with E-state index in [9.17, 15) is 4.79 Å². The first-order valence-electron chi connectivity index (χ1n) is 22.2. The summed E-state index contributed by atoms with van der Waals surface area (Å²) < 4.78 is 0. The van der Waals surface area contributed by atoms with Crippen LogP contribution >= 0.6 is 0 Å². The quantitative estimate of drug-likeness (QED) is 0.0978. The van der Waals surface area contributed by atoms with Crippen LogP contribution in [0.1, 0.15) is 47.2 Å². The van der Waals surface area contributed by atoms with Crippen LogP contribution in [0.25, 0.3) is 67.2 Å². The summed E-state index contributed by atoms with van der Waals surface area (Å²) in [6.07, 6.45) is 6.95. The summed E-state index contributed by atoms with van der Waals surface area (Å²) in [5.41, 5.74) is 20.4. The van der Waals surface area contributed by atoms with Crippen LogP contribution in [0.4, 0.5) is 0 Å². The minimum absolute atomic E-state index is 0. The average molecular weight is 1450 g/mol. The molecule has 70 heavy (non-hydrogen) atoms. The maximum Gasteiger partial charge on any atom is 0.155 e. The van der Waals surface area contributed by atoms with Crippen molar-refractivity contribution in [1.82, 2.24) is 15.0 Å². The third kappa shape index (κ3) is 17.7. The fourth-order valence-corrected chi connectivity index (χ4v) is 7.43. The number of allylic oxidation sites excluding steroid dienone is 2. The summed E-state index contributed by atoms with van der Waals surface area (Å²) in [6.45, 7) is 15.4. The van der Waals surface area contributed by atoms with Crippen molar-refractivity contribution in [2.75, 3.05) is 0 Å². The molecule has 3 radical (unpaired) electrons. The fraction of sp³-hybridized carbons (Fsp3) is 0.129. The molecule has 9 rings (SSSR count). The van der Waals surface area contributed by atoms with E-state index >= 15 is 0 Å². The van der Waals surface area contributed by atoms with Crippen molar-refractivity contribution in [2.24, 2.45) is 0 Å². The number of carbonyl (C=O) groups excluding carboxylic acids is 1. The number of pyridine rings is 3. The molecule has 0 amide bonds. The Balaban J connectivity index is 0.000000255. The summed E-state index contributed by atoms with van der Waals surface area (Å²) >= 11 is 0. The van der Waals surface area contributed by atoms with Crippen LogP contribution < -0.4 is 0 Å². The number of rotatable bonds is 7. The summed E-state index contributed by atoms with van der Waals surface area (Å²) in [5, 5.41) is 8.36. The molecule has 361 valence electrons. The molecule has 0 fully saturated rings. The first-order valence-corrected chi connectivity index (χ1v) is 22.2. The smallest absolute Gasteiger partial charge is 0.155 e. The summed E-state index contributed by atoms with van der Waals surface area (Å²) in [6, 6.07) is 66.0. The molecule has 8 heteroatoms. The van der Waals surface area contributed by atoms with E-state index in [0.29, 0.717) is 0 Å². The van der Waals surface area contributed by atoms with Gasteiger partial charge in [-0.3, -0.25) is 4.79 Å². The second-order valence-electron chi connectivity index (χ2n) is 16.5. The third-order valence-corrected chi connectivity index (χ3v) is 10.5. The molecular weight excluding hydrogens is 1400 g/mol. The number of aliphatic hydroxyl groups is 1. The number of nitrogens with zero attached hydrogens (tertiary/aromatic N) is 3. The van der Waals surface area contributed by atoms with Gasteiger partial charge in [-0.1, -0.05) is 169 Å². The number of aryl methyl sites for hydroxylation is 6. The van der Waals surface area contributed by atoms with Gasteiger partial charge in [-0.15, -0.1) is 105 Å². The Morgan fingerprint density at radius 3 is 1.11 bits per heavy atom. The minimum Gasteiger partial charge on any atom is -0.512 e. The van der Waals surface area contributed by atoms with E-state index in [1.165, 1.54) is 64.4 Å². The first-order chi connectivity index (χ1) is 32.3. The first kappa shape index (κ1) is 58.2. The van der Waals surface area contributed by atoms with Gasteiger partial charge in [0, 0.05) is 85.0 Å². The van der Waals surface area contributed by atoms with Gasteiger partial charge in [-0.2, -0.15) is 0 Å². The van der Waals surface area contributed by atoms with Crippen LogP contribution in [0.2, 0.25) is 0 Å². The molecule has 3 aromatic heterocycles. The van der Waals surface area contributed by atoms with Crippen molar-refractivity contribution in [3.63, 3.8) is 0 Å². The van der Waals surface area contributed by atoms with Crippen molar-refractivity contribution < 1.29 is 70.2 Å². The normalized spacial score (nSPS) is 10.1. The Morgan fingerprint density at radius 1 is 0.457 bits per heavy atom. The molecule has 0 bridgehead atoms. The van der Waals surface area contributed by atoms with E-state index in [0.717, 1.165) is 56.0 Å². The predicted octanol–water partition coefficient (Wildman–Crippen LogP) is 15.5. The van der Waals surface area contributed by atoms with Gasteiger partial charge in [-0.05, 0) is 64.3 Å². The fourth-order valence-electron chi connectivity index (χ4n) is 7.43. The molecule has 0 aliphatic carbocycles. The van der Waals surface area contributed by atoms with Crippen molar-refractivity contribution in [3.05, 3.63) is 246 Å². The largest absolute Gasteiger partial charge is 0.512 e. The van der Waals surface area contributed by atoms with Crippen LogP contribution in [0.5, 0.6) is 0 Å². The molecule has 0 saturated carbocycles. The maximum absolute atomic E-state index is 10.0. The molecule has 0 aliphatic rings. The molecule has 0 aliphatic heterocycles. The number of hydrogen-bond donors (Lipinski definition) is 1. The standard InChI is InChI=1S/3C19H16N.C5H8O2.3Ir/c2*1-14-8-10-18(15(2)12-14)19-11-9-17(13-20-19)16-6-4-3-5-7-16;1-14-10-15(2)12-18(11-14)19-9-8-17(13-20-19)16-6-4-3-5-7-16;1-4(6)3-5(2)7;;;/h2*3-9,11-13H,1-2H3;3-11,13H,1-2H3;3,6H,1-2H3;;;/q3*-1;;;;. The van der Waals surface area contributed by atoms with Crippen molar-refractivity contribution in [3.8, 4) is 67.2 Å². The zero-order chi connectivity index (χ0) is 47.7. The van der Waals surface area contributed by atoms with Gasteiger partial charge < -0.3 is 20.1 Å². The summed E-state index contributed by atoms with van der Waals surface area (Å²) in [5.74, 6) is -0.0625. The molecule has 0 unspecified atom stereocenters. The van der Waals surface area contributed by atoms with Crippen LogP contribution in [0, 0.1) is 59.7 Å². The monoisotopic (exact) mass is 1450 g/mol. The molecular formula is C62H56Ir3N3O2-3. The number of benzene rings is 6. The van der Waals surface area contributed by atoms with E-state index in [1.54, 1.807) is 0 Å². The van der Waals surface area contributed by atoms with Crippen LogP contribution in [0.3, 0.4) is 0 Å². The Morgan fingerprint density at radius 2 is 0.829 bits per heavy atom. The Labute approximate surface area is 455 Å². The zero-order valence-electron chi connectivity index (χ0n) is 40.6. The topological polar surface area (TPSA) is 76.0 Å². The molecule has 1 N–H and O–H groups in total. The van der Waals surface area contributed by atoms with Gasteiger partial charge >= 0.3 is 0 Å². The van der Waals surface area contributed by atoms with Gasteiger partial charge in [0.1, 0.15) is 0 Å². The second kappa shape index (κ2) is 29.2. The van der Waals surface area contributed by atoms with E-state index < -0.39 is 0 Å². The summed E-state index contributed by atoms with van der Waals surface area (Å²) in [7, 11) is 0. The van der Waals surface area contributed by atoms with Crippen LogP contribution in [-0.2, 0) is 65.1 Å². The number of hydrogen-bond acceptors (Lipinski definition) is 5. The molecule has 0 atom stereocenters. The third-order valence-electron chi connectivity index (χ3n) is 10.5. The number of ketones is 1. The molecule has 9 aromatic rings. The molecule has 0 saturated heterocycles. The van der Waals surface area contributed by atoms with Crippen molar-refractivity contribution >= 4 is 5.78 Å². The number of carbonyl (C=O) groups is 1. The van der Waals surface area contributed by atoms with Gasteiger partial charge in [-0.25, -0.2) is 0 Å². The minimum atomic E-state index is -0.125. The number of aliphatic hydroxyl groups excluding tert-OH is 1. The zero-order valence-corrected chi connectivity index (χ0v) is 47.8. The Kier molecular flexibility index (Phi) is 24.3. The van der Waals surface area contributed by atoms with Crippen molar-refractivity contribution in [2.45, 2.75) is 55.4 Å². The Hall–Kier alpha value is -6.07. The van der Waals surface area contributed by atoms with E-state index in [4.69, 9.17) is 5.11 Å². The van der Waals surface area contributed by atoms with Gasteiger partial charge in [0.15, 0.2) is 5.78 Å². The van der Waals surface area contributed by atoms with Gasteiger partial charge in [0.25, 0.3) is 0 Å². The molecule has 0 spiro atoms. The van der Waals surface area contributed by atoms with Crippen molar-refractivity contribution in [1.29, 1.82) is 0 Å². The SMILES string of the molecule is CC(=O)C=C(C)O.Cc1[c-]c(-c2ccc(-c3ccccc3)cn2)cc(C)c1.Cc1c[c-]c(-c2ccc(-c3ccccc3)cn2)c(C)c1.Cc1c[c-]c(-c2ccc(-c3ccccc3)cn2)c(C)c1.[Ir].[Ir].[Ir].